The summed E-state index contributed by atoms with van der Waals surface area (Å²) in [6, 6.07) is 6.20. The summed E-state index contributed by atoms with van der Waals surface area (Å²) in [6.45, 7) is 1.16. The number of para-hydroxylation sites is 1. The first-order chi connectivity index (χ1) is 13.2. The Morgan fingerprint density at radius 2 is 1.71 bits per heavy atom. The Labute approximate surface area is 172 Å². The Balaban J connectivity index is 2.07. The van der Waals surface area contributed by atoms with Gasteiger partial charge in [0.25, 0.3) is 5.56 Å². The van der Waals surface area contributed by atoms with Crippen molar-refractivity contribution in [1.82, 2.24) is 4.57 Å². The second kappa shape index (κ2) is 7.98. The minimum absolute atomic E-state index is 0.0418. The highest BCUT2D eigenvalue weighted by Crippen LogP contribution is 2.25. The lowest BCUT2D eigenvalue weighted by Gasteiger charge is -2.19. The summed E-state index contributed by atoms with van der Waals surface area (Å²) < 4.78 is 61.8. The molecule has 0 saturated carbocycles. The van der Waals surface area contributed by atoms with Crippen molar-refractivity contribution in [3.8, 4) is 11.4 Å². The van der Waals surface area contributed by atoms with Gasteiger partial charge in [0.05, 0.1) is 3.57 Å². The molecule has 0 aliphatic carbocycles. The minimum Gasteiger partial charge on any atom is -0.488 e. The van der Waals surface area contributed by atoms with Gasteiger partial charge in [-0.05, 0) is 53.8 Å². The molecule has 2 radical (unpaired) electrons. The van der Waals surface area contributed by atoms with Crippen molar-refractivity contribution in [2.45, 2.75) is 13.5 Å². The predicted octanol–water partition coefficient (Wildman–Crippen LogP) is 3.68. The van der Waals surface area contributed by atoms with Gasteiger partial charge in [-0.15, -0.1) is 0 Å². The van der Waals surface area contributed by atoms with Gasteiger partial charge in [0.15, 0.2) is 0 Å². The van der Waals surface area contributed by atoms with Crippen LogP contribution in [-0.2, 0) is 6.61 Å². The van der Waals surface area contributed by atoms with E-state index in [4.69, 9.17) is 12.6 Å². The molecule has 0 aliphatic heterocycles. The quantitative estimate of drug-likeness (QED) is 0.312. The van der Waals surface area contributed by atoms with E-state index in [0.717, 1.165) is 22.8 Å². The lowest BCUT2D eigenvalue weighted by molar-refractivity contribution is 0.298. The monoisotopic (exact) mass is 499 g/mol. The zero-order valence-corrected chi connectivity index (χ0v) is 16.6. The smallest absolute Gasteiger partial charge is 0.252 e. The van der Waals surface area contributed by atoms with Crippen LogP contribution in [0.5, 0.6) is 5.75 Å². The summed E-state index contributed by atoms with van der Waals surface area (Å²) in [5.41, 5.74) is -1.57. The van der Waals surface area contributed by atoms with E-state index >= 15 is 0 Å². The van der Waals surface area contributed by atoms with E-state index in [1.165, 1.54) is 19.1 Å². The van der Waals surface area contributed by atoms with E-state index in [1.54, 1.807) is 0 Å². The average molecular weight is 499 g/mol. The molecule has 0 bridgehead atoms. The molecule has 3 nitrogen and oxygen atoms in total. The van der Waals surface area contributed by atoms with Crippen LogP contribution >= 0.6 is 22.6 Å². The molecule has 3 rings (SSSR count). The molecule has 0 N–H and O–H groups in total. The standard InChI is InChI=1S/C19H11BF4INO2/c1-9-16(25)18(28-8-10-5-6-11(21)7-14(10)24)15(20)19(27)26(9)17-12(22)3-2-4-13(17)23/h2-7H,8H2,1H3. The van der Waals surface area contributed by atoms with Crippen LogP contribution in [-0.4, -0.2) is 12.4 Å². The van der Waals surface area contributed by atoms with E-state index in [2.05, 4.69) is 0 Å². The van der Waals surface area contributed by atoms with Crippen molar-refractivity contribution >= 4 is 35.9 Å². The van der Waals surface area contributed by atoms with Crippen LogP contribution in [0, 0.1) is 33.8 Å². The Kier molecular flexibility index (Phi) is 5.83. The highest BCUT2D eigenvalue weighted by Gasteiger charge is 2.21. The van der Waals surface area contributed by atoms with Gasteiger partial charge in [0.1, 0.15) is 49.2 Å². The molecule has 9 heteroatoms. The molecule has 1 heterocycles. The number of hydrogen-bond acceptors (Lipinski definition) is 2. The van der Waals surface area contributed by atoms with E-state index in [1.807, 2.05) is 22.6 Å². The minimum atomic E-state index is -0.928. The van der Waals surface area contributed by atoms with Gasteiger partial charge in [-0.1, -0.05) is 6.07 Å². The summed E-state index contributed by atoms with van der Waals surface area (Å²) in [6.07, 6.45) is 0. The van der Waals surface area contributed by atoms with E-state index in [-0.39, 0.29) is 29.1 Å². The fourth-order valence-electron chi connectivity index (χ4n) is 2.65. The maximum Gasteiger partial charge on any atom is 0.252 e. The summed E-state index contributed by atoms with van der Waals surface area (Å²) >= 11 is 1.82. The molecular weight excluding hydrogens is 488 g/mol. The molecule has 28 heavy (non-hydrogen) atoms. The lowest BCUT2D eigenvalue weighted by Crippen LogP contribution is -2.38. The highest BCUT2D eigenvalue weighted by atomic mass is 127. The second-order valence-corrected chi connectivity index (χ2v) is 6.96. The number of ether oxygens (including phenoxy) is 1. The topological polar surface area (TPSA) is 31.2 Å². The van der Waals surface area contributed by atoms with Crippen LogP contribution in [0.3, 0.4) is 0 Å². The van der Waals surface area contributed by atoms with Gasteiger partial charge in [0.2, 0.25) is 0 Å². The maximum absolute atomic E-state index is 14.2. The average Bonchev–Trinajstić information content (AvgIpc) is 2.64. The molecule has 0 unspecified atom stereocenters. The third-order valence-electron chi connectivity index (χ3n) is 4.08. The first-order valence-electron chi connectivity index (χ1n) is 7.94. The summed E-state index contributed by atoms with van der Waals surface area (Å²) in [5.74, 6) is -3.45. The van der Waals surface area contributed by atoms with Crippen LogP contribution in [0.2, 0.25) is 0 Å². The van der Waals surface area contributed by atoms with Crippen molar-refractivity contribution in [3.63, 3.8) is 0 Å². The molecule has 142 valence electrons. The zero-order valence-electron chi connectivity index (χ0n) is 14.4. The summed E-state index contributed by atoms with van der Waals surface area (Å²) in [7, 11) is 5.86. The Morgan fingerprint density at radius 3 is 2.32 bits per heavy atom. The number of hydrogen-bond donors (Lipinski definition) is 0. The normalized spacial score (nSPS) is 10.9. The van der Waals surface area contributed by atoms with Gasteiger partial charge < -0.3 is 4.74 Å². The number of nitrogens with zero attached hydrogens (tertiary/aromatic N) is 1. The number of aromatic nitrogens is 1. The van der Waals surface area contributed by atoms with Gasteiger partial charge in [-0.25, -0.2) is 17.6 Å². The molecule has 1 aromatic heterocycles. The second-order valence-electron chi connectivity index (χ2n) is 5.88. The fraction of sp³-hybridized carbons (Fsp3) is 0.105. The van der Waals surface area contributed by atoms with Gasteiger partial charge in [-0.3, -0.25) is 9.36 Å². The molecule has 2 aromatic carbocycles. The van der Waals surface area contributed by atoms with Gasteiger partial charge in [0, 0.05) is 22.8 Å². The Morgan fingerprint density at radius 1 is 1.07 bits per heavy atom. The van der Waals surface area contributed by atoms with Crippen molar-refractivity contribution in [3.05, 3.63) is 84.8 Å². The lowest BCUT2D eigenvalue weighted by atomic mass is 9.96. The molecular formula is C19H11BF4INO2. The van der Waals surface area contributed by atoms with Crippen LogP contribution in [0.25, 0.3) is 5.69 Å². The number of rotatable bonds is 4. The number of pyridine rings is 1. The van der Waals surface area contributed by atoms with Crippen molar-refractivity contribution in [1.29, 1.82) is 0 Å². The van der Waals surface area contributed by atoms with Crippen molar-refractivity contribution < 1.29 is 22.3 Å². The zero-order chi connectivity index (χ0) is 20.6. The molecule has 0 fully saturated rings. The molecule has 0 aliphatic rings. The van der Waals surface area contributed by atoms with E-state index < -0.39 is 34.5 Å². The maximum atomic E-state index is 14.2. The SMILES string of the molecule is [B]c1c(OCc2ccc(F)cc2F)c(I)c(C)n(-c2c(F)cccc2F)c1=O. The highest BCUT2D eigenvalue weighted by molar-refractivity contribution is 14.1. The van der Waals surface area contributed by atoms with Crippen molar-refractivity contribution in [2.24, 2.45) is 0 Å². The molecule has 0 amide bonds. The van der Waals surface area contributed by atoms with E-state index in [0.29, 0.717) is 9.64 Å². The van der Waals surface area contributed by atoms with E-state index in [9.17, 15) is 22.4 Å². The summed E-state index contributed by atoms with van der Waals surface area (Å²) in [5, 5.41) is 0. The Bertz CT molecular complexity index is 1110. The van der Waals surface area contributed by atoms with Crippen LogP contribution in [0.4, 0.5) is 17.6 Å². The fourth-order valence-corrected chi connectivity index (χ4v) is 3.34. The molecule has 0 atom stereocenters. The number of benzene rings is 2. The molecule has 0 spiro atoms. The summed E-state index contributed by atoms with van der Waals surface area (Å²) in [4.78, 5) is 12.7. The first-order valence-corrected chi connectivity index (χ1v) is 9.02. The molecule has 3 aromatic rings. The Hall–Kier alpha value is -2.30. The van der Waals surface area contributed by atoms with Crippen LogP contribution in [0.1, 0.15) is 11.3 Å². The van der Waals surface area contributed by atoms with Crippen LogP contribution < -0.4 is 15.8 Å². The molecule has 0 saturated heterocycles. The first kappa shape index (κ1) is 20.4. The van der Waals surface area contributed by atoms with Gasteiger partial charge in [-0.2, -0.15) is 0 Å². The predicted molar refractivity (Wildman–Crippen MR) is 105 cm³/mol. The third-order valence-corrected chi connectivity index (χ3v) is 5.35. The number of halogens is 5. The third kappa shape index (κ3) is 3.67. The largest absolute Gasteiger partial charge is 0.488 e. The van der Waals surface area contributed by atoms with Crippen molar-refractivity contribution in [2.75, 3.05) is 0 Å². The van der Waals surface area contributed by atoms with Crippen LogP contribution in [0.15, 0.2) is 41.2 Å². The van der Waals surface area contributed by atoms with Gasteiger partial charge >= 0.3 is 0 Å².